The lowest BCUT2D eigenvalue weighted by molar-refractivity contribution is 0.327. The second-order valence-electron chi connectivity index (χ2n) is 5.53. The molecule has 1 fully saturated rings. The van der Waals surface area contributed by atoms with Crippen LogP contribution in [-0.4, -0.2) is 32.8 Å². The van der Waals surface area contributed by atoms with Gasteiger partial charge in [0.2, 0.25) is 0 Å². The van der Waals surface area contributed by atoms with E-state index in [4.69, 9.17) is 4.74 Å². The van der Waals surface area contributed by atoms with Crippen LogP contribution in [0.4, 0.5) is 5.69 Å². The van der Waals surface area contributed by atoms with Crippen molar-refractivity contribution in [1.29, 1.82) is 0 Å². The van der Waals surface area contributed by atoms with Crippen molar-refractivity contribution >= 4 is 5.69 Å². The van der Waals surface area contributed by atoms with Gasteiger partial charge in [0.15, 0.2) is 0 Å². The maximum atomic E-state index is 5.33. The summed E-state index contributed by atoms with van der Waals surface area (Å²) in [5.74, 6) is 1.66. The van der Waals surface area contributed by atoms with Crippen molar-refractivity contribution < 1.29 is 4.74 Å². The van der Waals surface area contributed by atoms with Crippen molar-refractivity contribution in [3.8, 4) is 5.75 Å². The van der Waals surface area contributed by atoms with Crippen LogP contribution in [0, 0.1) is 12.8 Å². The molecular formula is C16H26N2O. The van der Waals surface area contributed by atoms with Crippen LogP contribution >= 0.6 is 0 Å². The summed E-state index contributed by atoms with van der Waals surface area (Å²) in [4.78, 5) is 2.49. The lowest BCUT2D eigenvalue weighted by atomic mass is 9.93. The van der Waals surface area contributed by atoms with Gasteiger partial charge in [0, 0.05) is 24.8 Å². The lowest BCUT2D eigenvalue weighted by Gasteiger charge is -2.38. The molecule has 1 heterocycles. The third-order valence-corrected chi connectivity index (χ3v) is 4.12. The van der Waals surface area contributed by atoms with Crippen LogP contribution in [0.3, 0.4) is 0 Å². The minimum absolute atomic E-state index is 0.667. The molecule has 0 saturated carbocycles. The highest BCUT2D eigenvalue weighted by molar-refractivity contribution is 5.53. The van der Waals surface area contributed by atoms with Crippen molar-refractivity contribution in [2.75, 3.05) is 31.6 Å². The Morgan fingerprint density at radius 3 is 2.79 bits per heavy atom. The molecule has 0 aliphatic carbocycles. The Kier molecular flexibility index (Phi) is 4.70. The molecule has 0 aromatic heterocycles. The van der Waals surface area contributed by atoms with Crippen LogP contribution in [0.25, 0.3) is 0 Å². The summed E-state index contributed by atoms with van der Waals surface area (Å²) in [6.45, 7) is 9.97. The van der Waals surface area contributed by atoms with Gasteiger partial charge < -0.3 is 15.0 Å². The largest absolute Gasteiger partial charge is 0.496 e. The molecule has 0 radical (unpaired) electrons. The summed E-state index contributed by atoms with van der Waals surface area (Å²) >= 11 is 0. The van der Waals surface area contributed by atoms with Crippen LogP contribution in [0.2, 0.25) is 0 Å². The number of nitrogens with zero attached hydrogens (tertiary/aromatic N) is 1. The Balaban J connectivity index is 2.06. The summed E-state index contributed by atoms with van der Waals surface area (Å²) < 4.78 is 5.33. The van der Waals surface area contributed by atoms with E-state index in [9.17, 15) is 0 Å². The molecule has 19 heavy (non-hydrogen) atoms. The van der Waals surface area contributed by atoms with Crippen LogP contribution in [0.15, 0.2) is 18.2 Å². The van der Waals surface area contributed by atoms with Crippen molar-refractivity contribution in [3.63, 3.8) is 0 Å². The smallest absolute Gasteiger partial charge is 0.121 e. The molecule has 2 rings (SSSR count). The standard InChI is InChI=1S/C16H26N2O/c1-5-17-15-8-9-18(11-13(15)3)14-6-7-16(19-4)12(2)10-14/h6-7,10,13,15,17H,5,8-9,11H2,1-4H3. The van der Waals surface area contributed by atoms with Gasteiger partial charge in [-0.2, -0.15) is 0 Å². The highest BCUT2D eigenvalue weighted by Gasteiger charge is 2.25. The molecule has 1 aliphatic rings. The topological polar surface area (TPSA) is 24.5 Å². The molecular weight excluding hydrogens is 236 g/mol. The van der Waals surface area contributed by atoms with Gasteiger partial charge in [0.25, 0.3) is 0 Å². The highest BCUT2D eigenvalue weighted by atomic mass is 16.5. The molecule has 0 amide bonds. The number of rotatable bonds is 4. The number of methoxy groups -OCH3 is 1. The SMILES string of the molecule is CCNC1CCN(c2ccc(OC)c(C)c2)CC1C. The zero-order valence-corrected chi connectivity index (χ0v) is 12.6. The fraction of sp³-hybridized carbons (Fsp3) is 0.625. The summed E-state index contributed by atoms with van der Waals surface area (Å²) in [7, 11) is 1.73. The molecule has 3 heteroatoms. The molecule has 106 valence electrons. The first-order valence-electron chi connectivity index (χ1n) is 7.28. The molecule has 2 atom stereocenters. The first-order chi connectivity index (χ1) is 9.15. The van der Waals surface area contributed by atoms with Gasteiger partial charge in [0.05, 0.1) is 7.11 Å². The van der Waals surface area contributed by atoms with Crippen LogP contribution in [0.1, 0.15) is 25.8 Å². The average molecular weight is 262 g/mol. The van der Waals surface area contributed by atoms with Crippen LogP contribution in [-0.2, 0) is 0 Å². The number of hydrogen-bond donors (Lipinski definition) is 1. The molecule has 1 aromatic carbocycles. The Morgan fingerprint density at radius 1 is 1.42 bits per heavy atom. The van der Waals surface area contributed by atoms with E-state index in [0.717, 1.165) is 25.4 Å². The van der Waals surface area contributed by atoms with Crippen molar-refractivity contribution in [3.05, 3.63) is 23.8 Å². The van der Waals surface area contributed by atoms with E-state index in [1.165, 1.54) is 17.7 Å². The van der Waals surface area contributed by atoms with E-state index < -0.39 is 0 Å². The number of ether oxygens (including phenoxy) is 1. The second kappa shape index (κ2) is 6.29. The molecule has 0 spiro atoms. The van der Waals surface area contributed by atoms with Crippen molar-refractivity contribution in [2.24, 2.45) is 5.92 Å². The fourth-order valence-electron chi connectivity index (χ4n) is 3.00. The monoisotopic (exact) mass is 262 g/mol. The van der Waals surface area contributed by atoms with Gasteiger partial charge in [-0.25, -0.2) is 0 Å². The quantitative estimate of drug-likeness (QED) is 0.903. The van der Waals surface area contributed by atoms with Gasteiger partial charge in [0.1, 0.15) is 5.75 Å². The summed E-state index contributed by atoms with van der Waals surface area (Å²) in [5, 5.41) is 3.59. The fourth-order valence-corrected chi connectivity index (χ4v) is 3.00. The number of anilines is 1. The molecule has 1 aromatic rings. The average Bonchev–Trinajstić information content (AvgIpc) is 2.41. The predicted molar refractivity (Wildman–Crippen MR) is 81.2 cm³/mol. The Bertz CT molecular complexity index is 419. The van der Waals surface area contributed by atoms with E-state index in [-0.39, 0.29) is 0 Å². The summed E-state index contributed by atoms with van der Waals surface area (Å²) in [6.07, 6.45) is 1.22. The first kappa shape index (κ1) is 14.2. The Hall–Kier alpha value is -1.22. The molecule has 1 saturated heterocycles. The predicted octanol–water partition coefficient (Wildman–Crippen LogP) is 2.83. The molecule has 1 aliphatic heterocycles. The molecule has 3 nitrogen and oxygen atoms in total. The highest BCUT2D eigenvalue weighted by Crippen LogP contribution is 2.27. The Morgan fingerprint density at radius 2 is 2.21 bits per heavy atom. The molecule has 1 N–H and O–H groups in total. The van der Waals surface area contributed by atoms with Crippen molar-refractivity contribution in [2.45, 2.75) is 33.2 Å². The minimum Gasteiger partial charge on any atom is -0.496 e. The van der Waals surface area contributed by atoms with E-state index in [0.29, 0.717) is 12.0 Å². The first-order valence-corrected chi connectivity index (χ1v) is 7.28. The van der Waals surface area contributed by atoms with Crippen LogP contribution in [0.5, 0.6) is 5.75 Å². The number of piperidine rings is 1. The normalized spacial score (nSPS) is 23.5. The van der Waals surface area contributed by atoms with E-state index in [1.807, 2.05) is 0 Å². The van der Waals surface area contributed by atoms with Crippen molar-refractivity contribution in [1.82, 2.24) is 5.32 Å². The maximum absolute atomic E-state index is 5.33. The minimum atomic E-state index is 0.667. The second-order valence-corrected chi connectivity index (χ2v) is 5.53. The zero-order valence-electron chi connectivity index (χ0n) is 12.6. The number of benzene rings is 1. The summed E-state index contributed by atoms with van der Waals surface area (Å²) in [5.41, 5.74) is 2.53. The third-order valence-electron chi connectivity index (χ3n) is 4.12. The number of hydrogen-bond acceptors (Lipinski definition) is 3. The van der Waals surface area contributed by atoms with Gasteiger partial charge in [-0.15, -0.1) is 0 Å². The van der Waals surface area contributed by atoms with Crippen LogP contribution < -0.4 is 15.0 Å². The lowest BCUT2D eigenvalue weighted by Crippen LogP contribution is -2.48. The van der Waals surface area contributed by atoms with Gasteiger partial charge in [-0.05, 0) is 49.6 Å². The maximum Gasteiger partial charge on any atom is 0.121 e. The Labute approximate surface area is 116 Å². The van der Waals surface area contributed by atoms with E-state index in [2.05, 4.69) is 49.2 Å². The van der Waals surface area contributed by atoms with Gasteiger partial charge in [-0.1, -0.05) is 13.8 Å². The molecule has 2 unspecified atom stereocenters. The van der Waals surface area contributed by atoms with Gasteiger partial charge in [-0.3, -0.25) is 0 Å². The van der Waals surface area contributed by atoms with Gasteiger partial charge >= 0.3 is 0 Å². The number of aryl methyl sites for hydroxylation is 1. The summed E-state index contributed by atoms with van der Waals surface area (Å²) in [6, 6.07) is 7.15. The molecule has 0 bridgehead atoms. The van der Waals surface area contributed by atoms with E-state index >= 15 is 0 Å². The van der Waals surface area contributed by atoms with E-state index in [1.54, 1.807) is 7.11 Å². The number of nitrogens with one attached hydrogen (secondary N) is 1. The zero-order chi connectivity index (χ0) is 13.8. The third kappa shape index (κ3) is 3.21.